The second-order valence-electron chi connectivity index (χ2n) is 9.01. The van der Waals surface area contributed by atoms with E-state index in [0.29, 0.717) is 17.5 Å². The van der Waals surface area contributed by atoms with Gasteiger partial charge in [0.25, 0.3) is 5.56 Å². The Bertz CT molecular complexity index is 1140. The van der Waals surface area contributed by atoms with Crippen molar-refractivity contribution in [2.75, 3.05) is 23.3 Å². The first kappa shape index (κ1) is 21.5. The molecule has 2 aromatic heterocycles. The number of carbonyl (C=O) groups is 1. The van der Waals surface area contributed by atoms with E-state index in [2.05, 4.69) is 41.0 Å². The molecule has 0 unspecified atom stereocenters. The molecule has 0 radical (unpaired) electrons. The van der Waals surface area contributed by atoms with Crippen molar-refractivity contribution in [3.63, 3.8) is 0 Å². The molecule has 1 saturated heterocycles. The Morgan fingerprint density at radius 3 is 2.58 bits per heavy atom. The lowest BCUT2D eigenvalue weighted by molar-refractivity contribution is -0.116. The van der Waals surface area contributed by atoms with Gasteiger partial charge in [0.1, 0.15) is 0 Å². The number of thiazole rings is 1. The Labute approximate surface area is 186 Å². The number of anilines is 2. The number of rotatable bonds is 5. The highest BCUT2D eigenvalue weighted by molar-refractivity contribution is 7.13. The predicted octanol–water partition coefficient (Wildman–Crippen LogP) is 4.17. The summed E-state index contributed by atoms with van der Waals surface area (Å²) in [6.45, 7) is 8.27. The Hall–Kier alpha value is -2.74. The maximum absolute atomic E-state index is 13.3. The Kier molecular flexibility index (Phi) is 6.09. The quantitative estimate of drug-likeness (QED) is 0.645. The minimum absolute atomic E-state index is 0.0619. The third kappa shape index (κ3) is 4.79. The van der Waals surface area contributed by atoms with Crippen LogP contribution in [0.3, 0.4) is 0 Å². The Balaban J connectivity index is 1.54. The highest BCUT2D eigenvalue weighted by Gasteiger charge is 2.20. The van der Waals surface area contributed by atoms with Crippen LogP contribution in [0.2, 0.25) is 0 Å². The maximum Gasteiger partial charge on any atom is 0.294 e. The van der Waals surface area contributed by atoms with Gasteiger partial charge in [0.2, 0.25) is 5.91 Å². The topological polar surface area (TPSA) is 80.1 Å². The van der Waals surface area contributed by atoms with Crippen LogP contribution < -0.4 is 15.8 Å². The molecule has 3 heterocycles. The van der Waals surface area contributed by atoms with Crippen LogP contribution in [0, 0.1) is 0 Å². The third-order valence-electron chi connectivity index (χ3n) is 5.57. The molecule has 0 bridgehead atoms. The number of fused-ring (bicyclic) bond motifs is 1. The first-order chi connectivity index (χ1) is 14.8. The number of carbonyl (C=O) groups excluding carboxylic acids is 1. The molecular formula is C23H29N5O2S. The van der Waals surface area contributed by atoms with Crippen molar-refractivity contribution in [2.45, 2.75) is 58.4 Å². The van der Waals surface area contributed by atoms with Gasteiger partial charge in [-0.15, -0.1) is 11.3 Å². The number of nitrogens with zero attached hydrogens (tertiary/aromatic N) is 4. The van der Waals surface area contributed by atoms with Crippen molar-refractivity contribution in [1.29, 1.82) is 0 Å². The van der Waals surface area contributed by atoms with Crippen molar-refractivity contribution in [3.05, 3.63) is 45.7 Å². The number of hydrogen-bond acceptors (Lipinski definition) is 6. The molecule has 1 aliphatic rings. The predicted molar refractivity (Wildman–Crippen MR) is 126 cm³/mol. The van der Waals surface area contributed by atoms with E-state index in [1.54, 1.807) is 4.57 Å². The maximum atomic E-state index is 13.3. The minimum Gasteiger partial charge on any atom is -0.352 e. The molecule has 8 heteroatoms. The lowest BCUT2D eigenvalue weighted by Crippen LogP contribution is -2.37. The molecule has 1 N–H and O–H groups in total. The zero-order valence-corrected chi connectivity index (χ0v) is 19.2. The lowest BCUT2D eigenvalue weighted by Gasteiger charge is -2.27. The summed E-state index contributed by atoms with van der Waals surface area (Å²) in [4.78, 5) is 37.1. The van der Waals surface area contributed by atoms with Crippen molar-refractivity contribution in [3.8, 4) is 0 Å². The fourth-order valence-corrected chi connectivity index (χ4v) is 4.74. The molecule has 1 amide bonds. The molecular weight excluding hydrogens is 410 g/mol. The second-order valence-corrected chi connectivity index (χ2v) is 9.87. The second kappa shape index (κ2) is 8.78. The Morgan fingerprint density at radius 2 is 1.87 bits per heavy atom. The van der Waals surface area contributed by atoms with Crippen LogP contribution in [-0.2, 0) is 16.8 Å². The van der Waals surface area contributed by atoms with Crippen molar-refractivity contribution >= 4 is 39.2 Å². The molecule has 7 nitrogen and oxygen atoms in total. The summed E-state index contributed by atoms with van der Waals surface area (Å²) in [5.41, 5.74) is 2.30. The highest BCUT2D eigenvalue weighted by atomic mass is 32.1. The number of para-hydroxylation sites is 2. The van der Waals surface area contributed by atoms with Crippen molar-refractivity contribution in [2.24, 2.45) is 0 Å². The molecule has 0 spiro atoms. The molecule has 164 valence electrons. The zero-order valence-electron chi connectivity index (χ0n) is 18.4. The van der Waals surface area contributed by atoms with E-state index in [0.717, 1.165) is 42.7 Å². The van der Waals surface area contributed by atoms with Gasteiger partial charge in [-0.1, -0.05) is 32.9 Å². The molecule has 0 atom stereocenters. The standard InChI is InChI=1S/C23H29N5O2S/c1-23(2,3)18-15-31-22(25-18)26-19(29)11-14-28-17-10-6-5-9-16(17)24-20(21(28)30)27-12-7-4-8-13-27/h5-6,9-10,15H,4,7-8,11-14H2,1-3H3,(H,25,26,29). The van der Waals surface area contributed by atoms with Crippen LogP contribution in [0.4, 0.5) is 10.9 Å². The summed E-state index contributed by atoms with van der Waals surface area (Å²) in [6, 6.07) is 7.62. The molecule has 31 heavy (non-hydrogen) atoms. The third-order valence-corrected chi connectivity index (χ3v) is 6.33. The number of piperidine rings is 1. The average Bonchev–Trinajstić information content (AvgIpc) is 3.22. The summed E-state index contributed by atoms with van der Waals surface area (Å²) in [5.74, 6) is 0.343. The van der Waals surface area contributed by atoms with Gasteiger partial charge in [-0.3, -0.25) is 9.59 Å². The van der Waals surface area contributed by atoms with Crippen LogP contribution in [0.15, 0.2) is 34.4 Å². The van der Waals surface area contributed by atoms with Crippen LogP contribution in [-0.4, -0.2) is 33.5 Å². The van der Waals surface area contributed by atoms with Gasteiger partial charge in [0.15, 0.2) is 10.9 Å². The smallest absolute Gasteiger partial charge is 0.294 e. The summed E-state index contributed by atoms with van der Waals surface area (Å²) in [6.07, 6.45) is 3.52. The summed E-state index contributed by atoms with van der Waals surface area (Å²) in [5, 5.41) is 5.44. The fraction of sp³-hybridized carbons (Fsp3) is 0.478. The van der Waals surface area contributed by atoms with Crippen molar-refractivity contribution in [1.82, 2.24) is 14.5 Å². The molecule has 1 fully saturated rings. The number of aryl methyl sites for hydroxylation is 1. The number of hydrogen-bond donors (Lipinski definition) is 1. The lowest BCUT2D eigenvalue weighted by atomic mass is 9.93. The molecule has 4 rings (SSSR count). The van der Waals surface area contributed by atoms with E-state index >= 15 is 0 Å². The van der Waals surface area contributed by atoms with E-state index in [9.17, 15) is 9.59 Å². The average molecular weight is 440 g/mol. The van der Waals surface area contributed by atoms with E-state index < -0.39 is 0 Å². The van der Waals surface area contributed by atoms with E-state index in [1.807, 2.05) is 29.6 Å². The molecule has 1 aliphatic heterocycles. The van der Waals surface area contributed by atoms with Gasteiger partial charge in [-0.2, -0.15) is 0 Å². The van der Waals surface area contributed by atoms with Gasteiger partial charge in [0.05, 0.1) is 16.7 Å². The largest absolute Gasteiger partial charge is 0.352 e. The summed E-state index contributed by atoms with van der Waals surface area (Å²) >= 11 is 1.43. The van der Waals surface area contributed by atoms with Crippen LogP contribution in [0.5, 0.6) is 0 Å². The number of amides is 1. The van der Waals surface area contributed by atoms with Crippen molar-refractivity contribution < 1.29 is 4.79 Å². The number of aromatic nitrogens is 3. The van der Waals surface area contributed by atoms with E-state index in [4.69, 9.17) is 0 Å². The summed E-state index contributed by atoms with van der Waals surface area (Å²) in [7, 11) is 0. The Morgan fingerprint density at radius 1 is 1.13 bits per heavy atom. The normalized spacial score (nSPS) is 14.7. The number of benzene rings is 1. The van der Waals surface area contributed by atoms with Gasteiger partial charge in [0, 0.05) is 36.9 Å². The minimum atomic E-state index is -0.151. The fourth-order valence-electron chi connectivity index (χ4n) is 3.78. The summed E-state index contributed by atoms with van der Waals surface area (Å²) < 4.78 is 1.69. The monoisotopic (exact) mass is 439 g/mol. The molecule has 0 aliphatic carbocycles. The molecule has 0 saturated carbocycles. The first-order valence-electron chi connectivity index (χ1n) is 10.8. The molecule has 3 aromatic rings. The highest BCUT2D eigenvalue weighted by Crippen LogP contribution is 2.26. The molecule has 1 aromatic carbocycles. The van der Waals surface area contributed by atoms with Gasteiger partial charge in [-0.25, -0.2) is 9.97 Å². The van der Waals surface area contributed by atoms with E-state index in [-0.39, 0.29) is 23.3 Å². The number of nitrogens with one attached hydrogen (secondary N) is 1. The zero-order chi connectivity index (χ0) is 22.0. The SMILES string of the molecule is CC(C)(C)c1csc(NC(=O)CCn2c(=O)c(N3CCCCC3)nc3ccccc32)n1. The van der Waals surface area contributed by atoms with Gasteiger partial charge >= 0.3 is 0 Å². The van der Waals surface area contributed by atoms with Crippen LogP contribution in [0.1, 0.15) is 52.1 Å². The van der Waals surface area contributed by atoms with Crippen LogP contribution in [0.25, 0.3) is 11.0 Å². The van der Waals surface area contributed by atoms with E-state index in [1.165, 1.54) is 17.8 Å². The van der Waals surface area contributed by atoms with Gasteiger partial charge < -0.3 is 14.8 Å². The van der Waals surface area contributed by atoms with Gasteiger partial charge in [-0.05, 0) is 31.4 Å². The van der Waals surface area contributed by atoms with Crippen LogP contribution >= 0.6 is 11.3 Å². The first-order valence-corrected chi connectivity index (χ1v) is 11.7.